The molecular formula is C6H5BrClN3O. The van der Waals surface area contributed by atoms with Crippen LogP contribution >= 0.6 is 27.5 Å². The van der Waals surface area contributed by atoms with Crippen molar-refractivity contribution in [3.05, 3.63) is 27.5 Å². The summed E-state index contributed by atoms with van der Waals surface area (Å²) in [5.74, 6) is 4.39. The molecule has 0 spiro atoms. The summed E-state index contributed by atoms with van der Waals surface area (Å²) in [7, 11) is 0. The minimum Gasteiger partial charge on any atom is -0.289 e. The summed E-state index contributed by atoms with van der Waals surface area (Å²) in [6, 6.07) is 1.57. The number of nitrogens with one attached hydrogen (secondary N) is 1. The van der Waals surface area contributed by atoms with Crippen LogP contribution in [0, 0.1) is 0 Å². The van der Waals surface area contributed by atoms with Crippen LogP contribution in [0.5, 0.6) is 0 Å². The number of nitrogens with two attached hydrogens (primary N) is 1. The van der Waals surface area contributed by atoms with Crippen LogP contribution in [0.2, 0.25) is 5.02 Å². The van der Waals surface area contributed by atoms with Gasteiger partial charge in [0.2, 0.25) is 0 Å². The van der Waals surface area contributed by atoms with Gasteiger partial charge in [0.15, 0.2) is 0 Å². The molecule has 12 heavy (non-hydrogen) atoms. The van der Waals surface area contributed by atoms with Crippen LogP contribution in [0.1, 0.15) is 10.5 Å². The van der Waals surface area contributed by atoms with Gasteiger partial charge in [0.1, 0.15) is 5.69 Å². The molecule has 1 aromatic rings. The van der Waals surface area contributed by atoms with Crippen LogP contribution in [-0.2, 0) is 0 Å². The number of halogens is 2. The molecule has 1 rings (SSSR count). The van der Waals surface area contributed by atoms with Crippen molar-refractivity contribution in [1.29, 1.82) is 0 Å². The van der Waals surface area contributed by atoms with Crippen molar-refractivity contribution in [2.45, 2.75) is 0 Å². The third kappa shape index (κ3) is 1.94. The van der Waals surface area contributed by atoms with E-state index in [-0.39, 0.29) is 10.7 Å². The fourth-order valence-electron chi connectivity index (χ4n) is 0.650. The Hall–Kier alpha value is -0.650. The van der Waals surface area contributed by atoms with E-state index in [0.717, 1.165) is 0 Å². The Labute approximate surface area is 82.2 Å². The Morgan fingerprint density at radius 2 is 2.42 bits per heavy atom. The van der Waals surface area contributed by atoms with E-state index in [2.05, 4.69) is 20.9 Å². The lowest BCUT2D eigenvalue weighted by Crippen LogP contribution is -2.30. The number of carbonyl (C=O) groups is 1. The third-order valence-electron chi connectivity index (χ3n) is 1.15. The number of rotatable bonds is 1. The topological polar surface area (TPSA) is 68.0 Å². The Balaban J connectivity index is 3.09. The molecule has 0 saturated carbocycles. The van der Waals surface area contributed by atoms with Crippen molar-refractivity contribution < 1.29 is 4.79 Å². The Morgan fingerprint density at radius 1 is 1.75 bits per heavy atom. The SMILES string of the molecule is NNC(=O)c1ncc(Br)cc1Cl. The van der Waals surface area contributed by atoms with Crippen molar-refractivity contribution in [1.82, 2.24) is 10.4 Å². The second kappa shape index (κ2) is 3.84. The van der Waals surface area contributed by atoms with Gasteiger partial charge in [-0.3, -0.25) is 10.2 Å². The molecule has 0 atom stereocenters. The highest BCUT2D eigenvalue weighted by Crippen LogP contribution is 2.18. The first-order chi connectivity index (χ1) is 5.65. The highest BCUT2D eigenvalue weighted by Gasteiger charge is 2.09. The van der Waals surface area contributed by atoms with Crippen LogP contribution in [0.3, 0.4) is 0 Å². The first-order valence-corrected chi connectivity index (χ1v) is 4.14. The molecule has 0 aliphatic carbocycles. The fourth-order valence-corrected chi connectivity index (χ4v) is 1.37. The molecule has 1 heterocycles. The Kier molecular flexibility index (Phi) is 3.02. The number of hydrogen-bond donors (Lipinski definition) is 2. The summed E-state index contributed by atoms with van der Waals surface area (Å²) in [6.45, 7) is 0. The molecule has 0 fully saturated rings. The van der Waals surface area contributed by atoms with Crippen LogP contribution in [0.4, 0.5) is 0 Å². The molecule has 1 aromatic heterocycles. The summed E-state index contributed by atoms with van der Waals surface area (Å²) < 4.78 is 0.709. The molecule has 0 aliphatic heterocycles. The monoisotopic (exact) mass is 249 g/mol. The number of aromatic nitrogens is 1. The van der Waals surface area contributed by atoms with Gasteiger partial charge in [-0.1, -0.05) is 11.6 Å². The number of carbonyl (C=O) groups excluding carboxylic acids is 1. The lowest BCUT2D eigenvalue weighted by molar-refractivity contribution is 0.0949. The zero-order valence-electron chi connectivity index (χ0n) is 5.84. The van der Waals surface area contributed by atoms with Crippen LogP contribution in [0.25, 0.3) is 0 Å². The Morgan fingerprint density at radius 3 is 2.92 bits per heavy atom. The molecule has 0 saturated heterocycles. The Bertz CT molecular complexity index is 318. The van der Waals surface area contributed by atoms with Gasteiger partial charge in [-0.2, -0.15) is 0 Å². The summed E-state index contributed by atoms with van der Waals surface area (Å²) >= 11 is 8.85. The molecule has 6 heteroatoms. The lowest BCUT2D eigenvalue weighted by atomic mass is 10.3. The van der Waals surface area contributed by atoms with Crippen LogP contribution in [-0.4, -0.2) is 10.9 Å². The molecular weight excluding hydrogens is 245 g/mol. The van der Waals surface area contributed by atoms with E-state index >= 15 is 0 Å². The van der Waals surface area contributed by atoms with Gasteiger partial charge in [0.25, 0.3) is 5.91 Å². The van der Waals surface area contributed by atoms with Gasteiger partial charge in [0.05, 0.1) is 5.02 Å². The maximum Gasteiger partial charge on any atom is 0.285 e. The number of nitrogens with zero attached hydrogens (tertiary/aromatic N) is 1. The van der Waals surface area contributed by atoms with Crippen molar-refractivity contribution >= 4 is 33.4 Å². The van der Waals surface area contributed by atoms with E-state index in [9.17, 15) is 4.79 Å². The first kappa shape index (κ1) is 9.44. The zero-order valence-corrected chi connectivity index (χ0v) is 8.19. The van der Waals surface area contributed by atoms with Gasteiger partial charge < -0.3 is 0 Å². The normalized spacial score (nSPS) is 9.58. The molecule has 64 valence electrons. The largest absolute Gasteiger partial charge is 0.289 e. The van der Waals surface area contributed by atoms with Gasteiger partial charge in [-0.25, -0.2) is 10.8 Å². The quantitative estimate of drug-likeness (QED) is 0.445. The van der Waals surface area contributed by atoms with Crippen LogP contribution < -0.4 is 11.3 Å². The van der Waals surface area contributed by atoms with E-state index in [1.165, 1.54) is 6.20 Å². The van der Waals surface area contributed by atoms with Crippen molar-refractivity contribution in [2.24, 2.45) is 5.84 Å². The highest BCUT2D eigenvalue weighted by molar-refractivity contribution is 9.10. The third-order valence-corrected chi connectivity index (χ3v) is 1.88. The van der Waals surface area contributed by atoms with E-state index < -0.39 is 5.91 Å². The standard InChI is InChI=1S/C6H5BrClN3O/c7-3-1-4(8)5(10-2-3)6(12)11-9/h1-2H,9H2,(H,11,12). The average molecular weight is 250 g/mol. The minimum atomic E-state index is -0.507. The molecule has 3 N–H and O–H groups in total. The molecule has 0 aromatic carbocycles. The molecule has 1 amide bonds. The van der Waals surface area contributed by atoms with Gasteiger partial charge in [-0.15, -0.1) is 0 Å². The second-order valence-corrected chi connectivity index (χ2v) is 3.28. The predicted octanol–water partition coefficient (Wildman–Crippen LogP) is 1.10. The molecule has 0 radical (unpaired) electrons. The number of nitrogen functional groups attached to an aromatic ring is 1. The highest BCUT2D eigenvalue weighted by atomic mass is 79.9. The van der Waals surface area contributed by atoms with Crippen LogP contribution in [0.15, 0.2) is 16.7 Å². The van der Waals surface area contributed by atoms with Gasteiger partial charge in [0, 0.05) is 10.7 Å². The molecule has 4 nitrogen and oxygen atoms in total. The van der Waals surface area contributed by atoms with Crippen molar-refractivity contribution in [3.63, 3.8) is 0 Å². The van der Waals surface area contributed by atoms with Gasteiger partial charge in [-0.05, 0) is 22.0 Å². The first-order valence-electron chi connectivity index (χ1n) is 2.97. The number of pyridine rings is 1. The van der Waals surface area contributed by atoms with E-state index in [4.69, 9.17) is 17.4 Å². The zero-order chi connectivity index (χ0) is 9.14. The summed E-state index contributed by atoms with van der Waals surface area (Å²) in [6.07, 6.45) is 1.47. The maximum absolute atomic E-state index is 10.9. The van der Waals surface area contributed by atoms with Gasteiger partial charge >= 0.3 is 0 Å². The van der Waals surface area contributed by atoms with E-state index in [1.54, 1.807) is 6.07 Å². The minimum absolute atomic E-state index is 0.113. The van der Waals surface area contributed by atoms with E-state index in [1.807, 2.05) is 5.43 Å². The molecule has 0 unspecified atom stereocenters. The van der Waals surface area contributed by atoms with Crippen molar-refractivity contribution in [3.8, 4) is 0 Å². The molecule has 0 aliphatic rings. The number of hydrazine groups is 1. The maximum atomic E-state index is 10.9. The molecule has 0 bridgehead atoms. The lowest BCUT2D eigenvalue weighted by Gasteiger charge is -2.00. The fraction of sp³-hybridized carbons (Fsp3) is 0. The van der Waals surface area contributed by atoms with E-state index in [0.29, 0.717) is 4.47 Å². The smallest absolute Gasteiger partial charge is 0.285 e. The number of hydrogen-bond acceptors (Lipinski definition) is 3. The summed E-state index contributed by atoms with van der Waals surface area (Å²) in [5.41, 5.74) is 2.05. The summed E-state index contributed by atoms with van der Waals surface area (Å²) in [5, 5.41) is 0.257. The average Bonchev–Trinajstić information content (AvgIpc) is 2.03. The predicted molar refractivity (Wildman–Crippen MR) is 48.6 cm³/mol. The number of amides is 1. The second-order valence-electron chi connectivity index (χ2n) is 1.96. The summed E-state index contributed by atoms with van der Waals surface area (Å²) in [4.78, 5) is 14.7. The van der Waals surface area contributed by atoms with Crippen molar-refractivity contribution in [2.75, 3.05) is 0 Å².